The zero-order valence-electron chi connectivity index (χ0n) is 17.1. The molecule has 0 aliphatic heterocycles. The molecule has 4 aromatic rings. The number of aromatic nitrogens is 4. The highest BCUT2D eigenvalue weighted by Gasteiger charge is 2.17. The van der Waals surface area contributed by atoms with Crippen molar-refractivity contribution in [3.63, 3.8) is 0 Å². The van der Waals surface area contributed by atoms with Crippen LogP contribution in [-0.2, 0) is 6.54 Å². The fourth-order valence-corrected chi connectivity index (χ4v) is 3.41. The Morgan fingerprint density at radius 3 is 2.71 bits per heavy atom. The first-order chi connectivity index (χ1) is 15.2. The van der Waals surface area contributed by atoms with Gasteiger partial charge in [-0.25, -0.2) is 9.97 Å². The van der Waals surface area contributed by atoms with Crippen molar-refractivity contribution in [1.29, 1.82) is 0 Å². The standard InChI is InChI=1S/C23H24ClN7/c1-25-21-12-17(10-11-27-21)22-29-23(31-30-22)20(28-19-9-5-8-18(24)13-19)15-26-14-16-6-3-2-4-7-16/h2-13,20,26,28H,14-15H2,1H3,(H,25,27)(H,29,30,31). The van der Waals surface area contributed by atoms with Gasteiger partial charge >= 0.3 is 0 Å². The number of H-pyrrole nitrogens is 1. The van der Waals surface area contributed by atoms with Crippen molar-refractivity contribution >= 4 is 23.1 Å². The van der Waals surface area contributed by atoms with Crippen LogP contribution in [0.1, 0.15) is 17.4 Å². The number of halogens is 1. The number of aromatic amines is 1. The number of pyridine rings is 1. The number of nitrogens with one attached hydrogen (secondary N) is 4. The molecule has 0 aliphatic rings. The van der Waals surface area contributed by atoms with Gasteiger partial charge in [0.05, 0.1) is 6.04 Å². The zero-order valence-corrected chi connectivity index (χ0v) is 17.9. The minimum absolute atomic E-state index is 0.131. The van der Waals surface area contributed by atoms with E-state index in [-0.39, 0.29) is 6.04 Å². The maximum atomic E-state index is 6.17. The third kappa shape index (κ3) is 5.59. The molecule has 2 aromatic heterocycles. The minimum Gasteiger partial charge on any atom is -0.374 e. The summed E-state index contributed by atoms with van der Waals surface area (Å²) in [5.74, 6) is 2.12. The normalized spacial score (nSPS) is 11.8. The van der Waals surface area contributed by atoms with Crippen LogP contribution in [0.5, 0.6) is 0 Å². The van der Waals surface area contributed by atoms with Crippen LogP contribution in [0.2, 0.25) is 5.02 Å². The molecule has 158 valence electrons. The fraction of sp³-hybridized carbons (Fsp3) is 0.174. The van der Waals surface area contributed by atoms with Crippen LogP contribution < -0.4 is 16.0 Å². The summed E-state index contributed by atoms with van der Waals surface area (Å²) < 4.78 is 0. The van der Waals surface area contributed by atoms with E-state index >= 15 is 0 Å². The smallest absolute Gasteiger partial charge is 0.181 e. The van der Waals surface area contributed by atoms with Gasteiger partial charge in [-0.05, 0) is 35.9 Å². The number of rotatable bonds is 9. The Kier molecular flexibility index (Phi) is 6.76. The Balaban J connectivity index is 1.53. The van der Waals surface area contributed by atoms with Gasteiger partial charge in [0.25, 0.3) is 0 Å². The predicted molar refractivity (Wildman–Crippen MR) is 125 cm³/mol. The van der Waals surface area contributed by atoms with Crippen molar-refractivity contribution in [3.05, 3.63) is 89.3 Å². The average Bonchev–Trinajstić information content (AvgIpc) is 3.30. The Morgan fingerprint density at radius 2 is 1.90 bits per heavy atom. The lowest BCUT2D eigenvalue weighted by molar-refractivity contribution is 0.602. The third-order valence-corrected chi connectivity index (χ3v) is 5.03. The molecule has 8 heteroatoms. The van der Waals surface area contributed by atoms with E-state index in [4.69, 9.17) is 16.6 Å². The first-order valence-corrected chi connectivity index (χ1v) is 10.4. The predicted octanol–water partition coefficient (Wildman–Crippen LogP) is 4.50. The Morgan fingerprint density at radius 1 is 1.03 bits per heavy atom. The monoisotopic (exact) mass is 433 g/mol. The van der Waals surface area contributed by atoms with Gasteiger partial charge in [-0.1, -0.05) is 48.0 Å². The molecule has 0 radical (unpaired) electrons. The average molecular weight is 434 g/mol. The quantitative estimate of drug-likeness (QED) is 0.310. The first-order valence-electron chi connectivity index (χ1n) is 10.0. The topological polar surface area (TPSA) is 90.5 Å². The van der Waals surface area contributed by atoms with Gasteiger partial charge in [0.1, 0.15) is 11.6 Å². The highest BCUT2D eigenvalue weighted by atomic mass is 35.5. The van der Waals surface area contributed by atoms with Crippen LogP contribution in [0.4, 0.5) is 11.5 Å². The SMILES string of the molecule is CNc1cc(-c2n[nH]c(C(CNCc3ccccc3)Nc3cccc(Cl)c3)n2)ccn1. The van der Waals surface area contributed by atoms with Crippen LogP contribution >= 0.6 is 11.6 Å². The second-order valence-corrected chi connectivity index (χ2v) is 7.48. The molecule has 2 heterocycles. The zero-order chi connectivity index (χ0) is 21.5. The van der Waals surface area contributed by atoms with Crippen molar-refractivity contribution < 1.29 is 0 Å². The van der Waals surface area contributed by atoms with Crippen molar-refractivity contribution in [2.75, 3.05) is 24.2 Å². The lowest BCUT2D eigenvalue weighted by atomic mass is 10.2. The number of anilines is 2. The molecule has 7 nitrogen and oxygen atoms in total. The molecule has 2 aromatic carbocycles. The first kappa shape index (κ1) is 20.8. The molecule has 1 atom stereocenters. The van der Waals surface area contributed by atoms with Gasteiger partial charge in [-0.15, -0.1) is 0 Å². The second kappa shape index (κ2) is 10.1. The van der Waals surface area contributed by atoms with Gasteiger partial charge in [0.2, 0.25) is 0 Å². The van der Waals surface area contributed by atoms with Crippen LogP contribution in [0.25, 0.3) is 11.4 Å². The molecule has 4 N–H and O–H groups in total. The number of benzene rings is 2. The van der Waals surface area contributed by atoms with E-state index < -0.39 is 0 Å². The molecule has 1 unspecified atom stereocenters. The maximum Gasteiger partial charge on any atom is 0.181 e. The van der Waals surface area contributed by atoms with E-state index in [1.165, 1.54) is 5.56 Å². The van der Waals surface area contributed by atoms with Gasteiger partial charge in [-0.2, -0.15) is 5.10 Å². The molecule has 0 amide bonds. The fourth-order valence-electron chi connectivity index (χ4n) is 3.22. The van der Waals surface area contributed by atoms with Gasteiger partial charge < -0.3 is 16.0 Å². The van der Waals surface area contributed by atoms with Crippen molar-refractivity contribution in [3.8, 4) is 11.4 Å². The Hall–Kier alpha value is -3.42. The van der Waals surface area contributed by atoms with E-state index in [1.807, 2.05) is 61.6 Å². The van der Waals surface area contributed by atoms with E-state index in [1.54, 1.807) is 6.20 Å². The summed E-state index contributed by atoms with van der Waals surface area (Å²) in [4.78, 5) is 8.99. The molecule has 0 saturated heterocycles. The molecule has 0 spiro atoms. The minimum atomic E-state index is -0.131. The summed E-state index contributed by atoms with van der Waals surface area (Å²) in [7, 11) is 1.83. The lowest BCUT2D eigenvalue weighted by Crippen LogP contribution is -2.27. The summed E-state index contributed by atoms with van der Waals surface area (Å²) in [6, 6.07) is 21.6. The summed E-state index contributed by atoms with van der Waals surface area (Å²) >= 11 is 6.17. The van der Waals surface area contributed by atoms with Crippen LogP contribution in [0, 0.1) is 0 Å². The summed E-state index contributed by atoms with van der Waals surface area (Å²) in [6.45, 7) is 1.40. The van der Waals surface area contributed by atoms with Gasteiger partial charge in [0, 0.05) is 42.6 Å². The van der Waals surface area contributed by atoms with Crippen molar-refractivity contribution in [2.24, 2.45) is 0 Å². The molecule has 0 saturated carbocycles. The largest absolute Gasteiger partial charge is 0.374 e. The lowest BCUT2D eigenvalue weighted by Gasteiger charge is -2.18. The summed E-state index contributed by atoms with van der Waals surface area (Å²) in [5.41, 5.74) is 3.03. The molecule has 0 fully saturated rings. The molecule has 4 rings (SSSR count). The molecule has 31 heavy (non-hydrogen) atoms. The summed E-state index contributed by atoms with van der Waals surface area (Å²) in [5, 5.41) is 18.2. The van der Waals surface area contributed by atoms with E-state index in [9.17, 15) is 0 Å². The highest BCUT2D eigenvalue weighted by molar-refractivity contribution is 6.30. The van der Waals surface area contributed by atoms with Crippen molar-refractivity contribution in [1.82, 2.24) is 25.5 Å². The maximum absolute atomic E-state index is 6.17. The second-order valence-electron chi connectivity index (χ2n) is 7.05. The highest BCUT2D eigenvalue weighted by Crippen LogP contribution is 2.23. The van der Waals surface area contributed by atoms with E-state index in [0.717, 1.165) is 29.4 Å². The summed E-state index contributed by atoms with van der Waals surface area (Å²) in [6.07, 6.45) is 1.74. The Labute approximate surface area is 186 Å². The van der Waals surface area contributed by atoms with Crippen LogP contribution in [0.3, 0.4) is 0 Å². The van der Waals surface area contributed by atoms with Crippen molar-refractivity contribution in [2.45, 2.75) is 12.6 Å². The number of nitrogens with zero attached hydrogens (tertiary/aromatic N) is 3. The van der Waals surface area contributed by atoms with Crippen LogP contribution in [-0.4, -0.2) is 33.8 Å². The molecule has 0 aliphatic carbocycles. The number of hydrogen-bond donors (Lipinski definition) is 4. The van der Waals surface area contributed by atoms with E-state index in [0.29, 0.717) is 17.4 Å². The van der Waals surface area contributed by atoms with Crippen LogP contribution in [0.15, 0.2) is 72.9 Å². The molecular weight excluding hydrogens is 410 g/mol. The van der Waals surface area contributed by atoms with E-state index in [2.05, 4.69) is 43.3 Å². The molecule has 0 bridgehead atoms. The third-order valence-electron chi connectivity index (χ3n) is 4.79. The number of hydrogen-bond acceptors (Lipinski definition) is 6. The van der Waals surface area contributed by atoms with Gasteiger partial charge in [-0.3, -0.25) is 5.10 Å². The Bertz CT molecular complexity index is 1110. The molecular formula is C23H24ClN7. The van der Waals surface area contributed by atoms with Gasteiger partial charge in [0.15, 0.2) is 5.82 Å².